The van der Waals surface area contributed by atoms with Crippen LogP contribution in [0, 0.1) is 0 Å². The van der Waals surface area contributed by atoms with E-state index in [9.17, 15) is 8.42 Å². The first-order chi connectivity index (χ1) is 8.96. The summed E-state index contributed by atoms with van der Waals surface area (Å²) < 4.78 is 32.8. The summed E-state index contributed by atoms with van der Waals surface area (Å²) in [5.41, 5.74) is 0. The van der Waals surface area contributed by atoms with Crippen LogP contribution in [0.2, 0.25) is 0 Å². The summed E-state index contributed by atoms with van der Waals surface area (Å²) in [4.78, 5) is 4.99. The molecule has 2 aromatic heterocycles. The molecule has 2 N–H and O–H groups in total. The van der Waals surface area contributed by atoms with E-state index < -0.39 is 10.2 Å². The van der Waals surface area contributed by atoms with Crippen LogP contribution in [0.25, 0.3) is 10.7 Å². The van der Waals surface area contributed by atoms with Crippen molar-refractivity contribution in [1.29, 1.82) is 0 Å². The Balaban J connectivity index is 1.98. The van der Waals surface area contributed by atoms with Crippen LogP contribution in [0.4, 0.5) is 0 Å². The lowest BCUT2D eigenvalue weighted by Gasteiger charge is -2.08. The van der Waals surface area contributed by atoms with Gasteiger partial charge >= 0.3 is 0 Å². The van der Waals surface area contributed by atoms with Crippen LogP contribution in [0.15, 0.2) is 22.0 Å². The highest BCUT2D eigenvalue weighted by molar-refractivity contribution is 7.87. The lowest BCUT2D eigenvalue weighted by Crippen LogP contribution is -2.39. The zero-order valence-electron chi connectivity index (χ0n) is 10.5. The molecule has 0 amide bonds. The van der Waals surface area contributed by atoms with E-state index in [0.29, 0.717) is 5.82 Å². The van der Waals surface area contributed by atoms with Crippen molar-refractivity contribution in [1.82, 2.24) is 19.6 Å². The molecule has 7 nitrogen and oxygen atoms in total. The molecule has 0 unspecified atom stereocenters. The predicted molar refractivity (Wildman–Crippen MR) is 71.6 cm³/mol. The first-order valence-electron chi connectivity index (χ1n) is 5.59. The summed E-state index contributed by atoms with van der Waals surface area (Å²) in [5.74, 6) is 0.679. The van der Waals surface area contributed by atoms with E-state index in [4.69, 9.17) is 4.52 Å². The Morgan fingerprint density at radius 3 is 2.89 bits per heavy atom. The maximum absolute atomic E-state index is 11.5. The van der Waals surface area contributed by atoms with Crippen LogP contribution < -0.4 is 9.44 Å². The highest BCUT2D eigenvalue weighted by Crippen LogP contribution is 2.21. The Bertz CT molecular complexity index is 619. The minimum atomic E-state index is -3.55. The Kier molecular flexibility index (Phi) is 4.30. The molecule has 0 bridgehead atoms. The molecule has 0 aliphatic heterocycles. The van der Waals surface area contributed by atoms with Crippen LogP contribution in [0.1, 0.15) is 19.7 Å². The SMILES string of the molecule is CC(C)NS(=O)(=O)NCc1nc(-c2cccs2)no1. The number of nitrogens with zero attached hydrogens (tertiary/aromatic N) is 2. The van der Waals surface area contributed by atoms with Crippen molar-refractivity contribution in [3.05, 3.63) is 23.4 Å². The van der Waals surface area contributed by atoms with Crippen LogP contribution in [0.5, 0.6) is 0 Å². The van der Waals surface area contributed by atoms with Crippen molar-refractivity contribution >= 4 is 21.5 Å². The van der Waals surface area contributed by atoms with Gasteiger partial charge in [-0.2, -0.15) is 22.8 Å². The zero-order valence-corrected chi connectivity index (χ0v) is 12.1. The largest absolute Gasteiger partial charge is 0.337 e. The maximum atomic E-state index is 11.5. The molecule has 0 saturated heterocycles. The van der Waals surface area contributed by atoms with E-state index in [-0.39, 0.29) is 18.5 Å². The lowest BCUT2D eigenvalue weighted by molar-refractivity contribution is 0.375. The van der Waals surface area contributed by atoms with Crippen molar-refractivity contribution < 1.29 is 12.9 Å². The second kappa shape index (κ2) is 5.78. The van der Waals surface area contributed by atoms with Gasteiger partial charge in [0.15, 0.2) is 0 Å². The summed E-state index contributed by atoms with van der Waals surface area (Å²) in [6.45, 7) is 3.43. The molecule has 0 aliphatic rings. The van der Waals surface area contributed by atoms with Crippen LogP contribution in [-0.2, 0) is 16.8 Å². The van der Waals surface area contributed by atoms with Crippen LogP contribution >= 0.6 is 11.3 Å². The summed E-state index contributed by atoms with van der Waals surface area (Å²) >= 11 is 1.49. The average molecular weight is 302 g/mol. The van der Waals surface area contributed by atoms with Crippen molar-refractivity contribution in [3.63, 3.8) is 0 Å². The van der Waals surface area contributed by atoms with Gasteiger partial charge < -0.3 is 4.52 Å². The van der Waals surface area contributed by atoms with Crippen molar-refractivity contribution in [2.75, 3.05) is 0 Å². The molecule has 9 heteroatoms. The van der Waals surface area contributed by atoms with E-state index in [2.05, 4.69) is 19.6 Å². The molecule has 2 heterocycles. The fourth-order valence-electron chi connectivity index (χ4n) is 1.34. The third kappa shape index (κ3) is 4.10. The van der Waals surface area contributed by atoms with E-state index in [1.54, 1.807) is 13.8 Å². The summed E-state index contributed by atoms with van der Waals surface area (Å²) in [5, 5.41) is 5.69. The monoisotopic (exact) mass is 302 g/mol. The molecule has 0 fully saturated rings. The minimum Gasteiger partial charge on any atom is -0.337 e. The predicted octanol–water partition coefficient (Wildman–Crippen LogP) is 1.13. The average Bonchev–Trinajstić information content (AvgIpc) is 2.96. The van der Waals surface area contributed by atoms with E-state index in [0.717, 1.165) is 4.88 Å². The molecule has 2 aromatic rings. The normalized spacial score (nSPS) is 12.2. The van der Waals surface area contributed by atoms with Gasteiger partial charge in [0.1, 0.15) is 0 Å². The Hall–Kier alpha value is -1.29. The molecule has 0 spiro atoms. The van der Waals surface area contributed by atoms with Crippen molar-refractivity contribution in [3.8, 4) is 10.7 Å². The lowest BCUT2D eigenvalue weighted by atomic mass is 10.4. The van der Waals surface area contributed by atoms with Gasteiger partial charge in [-0.15, -0.1) is 11.3 Å². The van der Waals surface area contributed by atoms with Gasteiger partial charge in [-0.3, -0.25) is 0 Å². The third-order valence-electron chi connectivity index (χ3n) is 2.01. The van der Waals surface area contributed by atoms with Gasteiger partial charge in [0.05, 0.1) is 11.4 Å². The Morgan fingerprint density at radius 1 is 1.47 bits per heavy atom. The van der Waals surface area contributed by atoms with E-state index in [1.165, 1.54) is 11.3 Å². The van der Waals surface area contributed by atoms with Gasteiger partial charge in [0.2, 0.25) is 11.7 Å². The Morgan fingerprint density at radius 2 is 2.26 bits per heavy atom. The molecule has 0 aromatic carbocycles. The standard InChI is InChI=1S/C10H14N4O3S2/c1-7(2)14-19(15,16)11-6-9-12-10(13-17-9)8-4-3-5-18-8/h3-5,7,11,14H,6H2,1-2H3. The first kappa shape index (κ1) is 14.1. The van der Waals surface area contributed by atoms with Crippen LogP contribution in [-0.4, -0.2) is 24.6 Å². The molecular formula is C10H14N4O3S2. The zero-order chi connectivity index (χ0) is 13.9. The minimum absolute atomic E-state index is 0.0412. The summed E-state index contributed by atoms with van der Waals surface area (Å²) in [7, 11) is -3.55. The molecule has 0 atom stereocenters. The number of thiophene rings is 1. The van der Waals surface area contributed by atoms with Gasteiger partial charge in [-0.1, -0.05) is 11.2 Å². The fraction of sp³-hybridized carbons (Fsp3) is 0.400. The number of hydrogen-bond acceptors (Lipinski definition) is 6. The van der Waals surface area contributed by atoms with E-state index in [1.807, 2.05) is 17.5 Å². The second-order valence-electron chi connectivity index (χ2n) is 4.09. The fourth-order valence-corrected chi connectivity index (χ4v) is 3.01. The van der Waals surface area contributed by atoms with E-state index >= 15 is 0 Å². The number of hydrogen-bond donors (Lipinski definition) is 2. The maximum Gasteiger partial charge on any atom is 0.277 e. The Labute approximate surface area is 115 Å². The molecular weight excluding hydrogens is 288 g/mol. The van der Waals surface area contributed by atoms with Crippen molar-refractivity contribution in [2.24, 2.45) is 0 Å². The summed E-state index contributed by atoms with van der Waals surface area (Å²) in [6, 6.07) is 3.57. The molecule has 104 valence electrons. The number of nitrogens with one attached hydrogen (secondary N) is 2. The van der Waals surface area contributed by atoms with Gasteiger partial charge in [-0.25, -0.2) is 0 Å². The first-order valence-corrected chi connectivity index (χ1v) is 7.96. The highest BCUT2D eigenvalue weighted by Gasteiger charge is 2.14. The quantitative estimate of drug-likeness (QED) is 0.833. The molecule has 0 saturated carbocycles. The summed E-state index contributed by atoms with van der Waals surface area (Å²) in [6.07, 6.45) is 0. The van der Waals surface area contributed by atoms with Crippen molar-refractivity contribution in [2.45, 2.75) is 26.4 Å². The number of rotatable bonds is 6. The third-order valence-corrected chi connectivity index (χ3v) is 4.19. The topological polar surface area (TPSA) is 97.1 Å². The highest BCUT2D eigenvalue weighted by atomic mass is 32.2. The van der Waals surface area contributed by atoms with Crippen LogP contribution in [0.3, 0.4) is 0 Å². The molecule has 19 heavy (non-hydrogen) atoms. The molecule has 0 aliphatic carbocycles. The van der Waals surface area contributed by atoms with Gasteiger partial charge in [0, 0.05) is 6.04 Å². The van der Waals surface area contributed by atoms with Gasteiger partial charge in [0.25, 0.3) is 10.2 Å². The second-order valence-corrected chi connectivity index (χ2v) is 6.57. The molecule has 2 rings (SSSR count). The van der Waals surface area contributed by atoms with Gasteiger partial charge in [-0.05, 0) is 25.3 Å². The smallest absolute Gasteiger partial charge is 0.277 e. The number of aromatic nitrogens is 2. The molecule has 0 radical (unpaired) electrons.